The van der Waals surface area contributed by atoms with E-state index in [2.05, 4.69) is 15.5 Å². The van der Waals surface area contributed by atoms with E-state index in [0.29, 0.717) is 24.7 Å². The molecule has 1 unspecified atom stereocenters. The number of aromatic nitrogens is 2. The molecule has 1 aromatic rings. The fourth-order valence-electron chi connectivity index (χ4n) is 2.11. The Labute approximate surface area is 100 Å². The molecule has 1 saturated heterocycles. The summed E-state index contributed by atoms with van der Waals surface area (Å²) in [6.07, 6.45) is 2.62. The van der Waals surface area contributed by atoms with Crippen LogP contribution >= 0.6 is 0 Å². The van der Waals surface area contributed by atoms with Crippen LogP contribution in [0.3, 0.4) is 0 Å². The second-order valence-corrected chi connectivity index (χ2v) is 4.29. The molecule has 0 aliphatic carbocycles. The van der Waals surface area contributed by atoms with Gasteiger partial charge in [-0.15, -0.1) is 0 Å². The van der Waals surface area contributed by atoms with Gasteiger partial charge in [0.1, 0.15) is 0 Å². The molecule has 0 saturated carbocycles. The Morgan fingerprint density at radius 2 is 2.41 bits per heavy atom. The lowest BCUT2D eigenvalue weighted by atomic mass is 10.0. The quantitative estimate of drug-likeness (QED) is 0.807. The lowest BCUT2D eigenvalue weighted by molar-refractivity contribution is -0.135. The molecule has 1 N–H and O–H groups in total. The first kappa shape index (κ1) is 12.0. The Morgan fingerprint density at radius 1 is 1.59 bits per heavy atom. The monoisotopic (exact) mass is 238 g/mol. The second-order valence-electron chi connectivity index (χ2n) is 4.29. The van der Waals surface area contributed by atoms with E-state index in [4.69, 9.17) is 4.52 Å². The number of carbonyl (C=O) groups excluding carboxylic acids is 1. The van der Waals surface area contributed by atoms with Crippen LogP contribution in [0, 0.1) is 6.92 Å². The summed E-state index contributed by atoms with van der Waals surface area (Å²) in [4.78, 5) is 18.0. The number of nitrogens with zero attached hydrogens (tertiary/aromatic N) is 3. The third kappa shape index (κ3) is 2.82. The van der Waals surface area contributed by atoms with Crippen molar-refractivity contribution in [3.8, 4) is 0 Å². The van der Waals surface area contributed by atoms with Gasteiger partial charge in [0.25, 0.3) is 0 Å². The van der Waals surface area contributed by atoms with Crippen molar-refractivity contribution in [3.63, 3.8) is 0 Å². The zero-order valence-corrected chi connectivity index (χ0v) is 10.3. The molecular weight excluding hydrogens is 220 g/mol. The number of likely N-dealkylation sites (tertiary alicyclic amines) is 1. The van der Waals surface area contributed by atoms with Crippen LogP contribution in [0.4, 0.5) is 0 Å². The van der Waals surface area contributed by atoms with Crippen molar-refractivity contribution in [2.75, 3.05) is 20.1 Å². The Morgan fingerprint density at radius 3 is 3.06 bits per heavy atom. The first-order valence-corrected chi connectivity index (χ1v) is 5.96. The molecule has 0 aromatic carbocycles. The minimum absolute atomic E-state index is 0.0317. The number of piperidine rings is 1. The molecule has 0 spiro atoms. The average molecular weight is 238 g/mol. The topological polar surface area (TPSA) is 71.3 Å². The molecule has 1 aliphatic heterocycles. The smallest absolute Gasteiger partial charge is 0.239 e. The summed E-state index contributed by atoms with van der Waals surface area (Å²) >= 11 is 0. The van der Waals surface area contributed by atoms with E-state index in [-0.39, 0.29) is 11.9 Å². The van der Waals surface area contributed by atoms with Crippen LogP contribution in [0.1, 0.15) is 24.6 Å². The highest BCUT2D eigenvalue weighted by molar-refractivity contribution is 5.82. The fraction of sp³-hybridized carbons (Fsp3) is 0.727. The minimum Gasteiger partial charge on any atom is -0.341 e. The van der Waals surface area contributed by atoms with Gasteiger partial charge in [0.2, 0.25) is 11.8 Å². The van der Waals surface area contributed by atoms with Crippen LogP contribution in [0.2, 0.25) is 0 Å². The number of likely N-dealkylation sites (N-methyl/N-ethyl adjacent to an activating group) is 1. The van der Waals surface area contributed by atoms with Crippen LogP contribution in [0.5, 0.6) is 0 Å². The van der Waals surface area contributed by atoms with E-state index in [0.717, 1.165) is 19.4 Å². The number of aryl methyl sites for hydroxylation is 1. The SMILES string of the molecule is CNC1CCCN(CCc2noc(C)n2)C1=O. The van der Waals surface area contributed by atoms with Gasteiger partial charge in [0.05, 0.1) is 6.04 Å². The molecule has 1 fully saturated rings. The highest BCUT2D eigenvalue weighted by Gasteiger charge is 2.27. The predicted octanol–water partition coefficient (Wildman–Crippen LogP) is 0.131. The highest BCUT2D eigenvalue weighted by atomic mass is 16.5. The first-order valence-electron chi connectivity index (χ1n) is 5.96. The third-order valence-corrected chi connectivity index (χ3v) is 3.05. The molecule has 1 atom stereocenters. The number of rotatable bonds is 4. The van der Waals surface area contributed by atoms with E-state index in [1.807, 2.05) is 11.9 Å². The standard InChI is InChI=1S/C11H18N4O2/c1-8-13-10(14-17-8)5-7-15-6-3-4-9(12-2)11(15)16/h9,12H,3-7H2,1-2H3. The lowest BCUT2D eigenvalue weighted by Gasteiger charge is -2.31. The second kappa shape index (κ2) is 5.27. The third-order valence-electron chi connectivity index (χ3n) is 3.05. The van der Waals surface area contributed by atoms with Crippen molar-refractivity contribution in [2.45, 2.75) is 32.2 Å². The zero-order chi connectivity index (χ0) is 12.3. The van der Waals surface area contributed by atoms with Crippen LogP contribution in [0.25, 0.3) is 0 Å². The van der Waals surface area contributed by atoms with Crippen LogP contribution < -0.4 is 5.32 Å². The molecule has 94 valence electrons. The highest BCUT2D eigenvalue weighted by Crippen LogP contribution is 2.11. The van der Waals surface area contributed by atoms with Crippen molar-refractivity contribution in [2.24, 2.45) is 0 Å². The van der Waals surface area contributed by atoms with Gasteiger partial charge in [-0.05, 0) is 19.9 Å². The minimum atomic E-state index is -0.0317. The van der Waals surface area contributed by atoms with Crippen LogP contribution in [-0.2, 0) is 11.2 Å². The summed E-state index contributed by atoms with van der Waals surface area (Å²) in [6.45, 7) is 3.25. The maximum absolute atomic E-state index is 12.0. The van der Waals surface area contributed by atoms with Gasteiger partial charge in [-0.2, -0.15) is 4.98 Å². The number of nitrogens with one attached hydrogen (secondary N) is 1. The van der Waals surface area contributed by atoms with Gasteiger partial charge in [0.15, 0.2) is 5.82 Å². The summed E-state index contributed by atoms with van der Waals surface area (Å²) in [5, 5.41) is 6.87. The fourth-order valence-corrected chi connectivity index (χ4v) is 2.11. The van der Waals surface area contributed by atoms with E-state index >= 15 is 0 Å². The molecule has 6 nitrogen and oxygen atoms in total. The molecule has 1 aromatic heterocycles. The van der Waals surface area contributed by atoms with Crippen molar-refractivity contribution < 1.29 is 9.32 Å². The average Bonchev–Trinajstić information content (AvgIpc) is 2.74. The molecule has 0 bridgehead atoms. The number of carbonyl (C=O) groups is 1. The molecular formula is C11H18N4O2. The summed E-state index contributed by atoms with van der Waals surface area (Å²) in [5.41, 5.74) is 0. The first-order chi connectivity index (χ1) is 8.20. The Hall–Kier alpha value is -1.43. The van der Waals surface area contributed by atoms with E-state index in [9.17, 15) is 4.79 Å². The largest absolute Gasteiger partial charge is 0.341 e. The predicted molar refractivity (Wildman–Crippen MR) is 61.4 cm³/mol. The van der Waals surface area contributed by atoms with Gasteiger partial charge >= 0.3 is 0 Å². The number of hydrogen-bond acceptors (Lipinski definition) is 5. The van der Waals surface area contributed by atoms with E-state index in [1.165, 1.54) is 0 Å². The van der Waals surface area contributed by atoms with Gasteiger partial charge in [-0.25, -0.2) is 0 Å². The molecule has 1 aliphatic rings. The van der Waals surface area contributed by atoms with Crippen LogP contribution in [-0.4, -0.2) is 47.1 Å². The Kier molecular flexibility index (Phi) is 3.73. The number of amides is 1. The molecule has 17 heavy (non-hydrogen) atoms. The maximum atomic E-state index is 12.0. The van der Waals surface area contributed by atoms with Crippen molar-refractivity contribution in [1.82, 2.24) is 20.4 Å². The molecule has 0 radical (unpaired) electrons. The Bertz CT molecular complexity index is 391. The van der Waals surface area contributed by atoms with Crippen LogP contribution in [0.15, 0.2) is 4.52 Å². The van der Waals surface area contributed by atoms with Crippen molar-refractivity contribution >= 4 is 5.91 Å². The zero-order valence-electron chi connectivity index (χ0n) is 10.3. The van der Waals surface area contributed by atoms with Gasteiger partial charge in [0, 0.05) is 26.4 Å². The molecule has 6 heteroatoms. The lowest BCUT2D eigenvalue weighted by Crippen LogP contribution is -2.50. The van der Waals surface area contributed by atoms with Gasteiger partial charge < -0.3 is 14.7 Å². The van der Waals surface area contributed by atoms with E-state index < -0.39 is 0 Å². The van der Waals surface area contributed by atoms with Gasteiger partial charge in [-0.1, -0.05) is 5.16 Å². The Balaban J connectivity index is 1.88. The van der Waals surface area contributed by atoms with Gasteiger partial charge in [-0.3, -0.25) is 4.79 Å². The van der Waals surface area contributed by atoms with Crippen molar-refractivity contribution in [1.29, 1.82) is 0 Å². The molecule has 1 amide bonds. The normalized spacial score (nSPS) is 20.9. The maximum Gasteiger partial charge on any atom is 0.239 e. The molecule has 2 heterocycles. The summed E-state index contributed by atoms with van der Waals surface area (Å²) < 4.78 is 4.90. The number of hydrogen-bond donors (Lipinski definition) is 1. The summed E-state index contributed by atoms with van der Waals surface area (Å²) in [7, 11) is 1.83. The van der Waals surface area contributed by atoms with Crippen molar-refractivity contribution in [3.05, 3.63) is 11.7 Å². The molecule has 2 rings (SSSR count). The van der Waals surface area contributed by atoms with E-state index in [1.54, 1.807) is 6.92 Å². The summed E-state index contributed by atoms with van der Waals surface area (Å²) in [6, 6.07) is -0.0317. The summed E-state index contributed by atoms with van der Waals surface area (Å²) in [5.74, 6) is 1.42.